The number of aromatic nitrogens is 1. The molecule has 0 spiro atoms. The fourth-order valence-corrected chi connectivity index (χ4v) is 2.78. The van der Waals surface area contributed by atoms with Crippen molar-refractivity contribution >= 4 is 21.5 Å². The molecule has 0 saturated carbocycles. The smallest absolute Gasteiger partial charge is 0.264 e. The molecular weight excluding hydrogens is 282 g/mol. The lowest BCUT2D eigenvalue weighted by Gasteiger charge is -2.12. The first-order valence-electron chi connectivity index (χ1n) is 5.64. The molecule has 0 aliphatic carbocycles. The van der Waals surface area contributed by atoms with Crippen LogP contribution in [0, 0.1) is 0 Å². The van der Waals surface area contributed by atoms with Gasteiger partial charge in [-0.05, 0) is 23.1 Å². The summed E-state index contributed by atoms with van der Waals surface area (Å²) in [7, 11) is -0.427. The molecule has 0 aliphatic rings. The highest BCUT2D eigenvalue weighted by molar-refractivity contribution is 7.87. The van der Waals surface area contributed by atoms with Crippen LogP contribution in [0.15, 0.2) is 36.0 Å². The summed E-state index contributed by atoms with van der Waals surface area (Å²) in [4.78, 5) is 5.26. The van der Waals surface area contributed by atoms with Crippen molar-refractivity contribution < 1.29 is 8.42 Å². The van der Waals surface area contributed by atoms with Gasteiger partial charge in [0.15, 0.2) is 0 Å². The second kappa shape index (κ2) is 5.79. The molecule has 19 heavy (non-hydrogen) atoms. The number of hydrogen-bond donors (Lipinski definition) is 1. The Bertz CT molecular complexity index is 637. The Kier molecular flexibility index (Phi) is 4.31. The van der Waals surface area contributed by atoms with Crippen molar-refractivity contribution in [3.05, 3.63) is 41.5 Å². The second-order valence-electron chi connectivity index (χ2n) is 4.17. The summed E-state index contributed by atoms with van der Waals surface area (Å²) in [5.74, 6) is 0. The maximum absolute atomic E-state index is 11.6. The van der Waals surface area contributed by atoms with Crippen LogP contribution in [0.1, 0.15) is 5.56 Å². The average molecular weight is 297 g/mol. The van der Waals surface area contributed by atoms with Gasteiger partial charge in [-0.3, -0.25) is 4.98 Å². The van der Waals surface area contributed by atoms with Crippen molar-refractivity contribution in [2.75, 3.05) is 14.1 Å². The normalized spacial score (nSPS) is 11.9. The maximum Gasteiger partial charge on any atom is 0.279 e. The topological polar surface area (TPSA) is 62.3 Å². The van der Waals surface area contributed by atoms with Gasteiger partial charge >= 0.3 is 0 Å². The second-order valence-corrected chi connectivity index (χ2v) is 7.08. The summed E-state index contributed by atoms with van der Waals surface area (Å²) < 4.78 is 26.9. The lowest BCUT2D eigenvalue weighted by Crippen LogP contribution is -2.35. The van der Waals surface area contributed by atoms with Crippen molar-refractivity contribution in [3.63, 3.8) is 0 Å². The number of thiophene rings is 1. The van der Waals surface area contributed by atoms with Crippen LogP contribution in [0.3, 0.4) is 0 Å². The zero-order chi connectivity index (χ0) is 13.9. The largest absolute Gasteiger partial charge is 0.279 e. The number of rotatable bonds is 5. The van der Waals surface area contributed by atoms with Crippen molar-refractivity contribution in [2.45, 2.75) is 6.54 Å². The van der Waals surface area contributed by atoms with Crippen LogP contribution in [0.2, 0.25) is 0 Å². The van der Waals surface area contributed by atoms with Gasteiger partial charge in [0.05, 0.1) is 0 Å². The van der Waals surface area contributed by atoms with E-state index in [0.29, 0.717) is 0 Å². The van der Waals surface area contributed by atoms with Crippen LogP contribution in [0.25, 0.3) is 10.4 Å². The van der Waals surface area contributed by atoms with Gasteiger partial charge in [0.1, 0.15) is 0 Å². The van der Waals surface area contributed by atoms with E-state index in [1.165, 1.54) is 14.1 Å². The number of hydrogen-bond acceptors (Lipinski definition) is 4. The molecule has 1 N–H and O–H groups in total. The van der Waals surface area contributed by atoms with E-state index < -0.39 is 10.2 Å². The monoisotopic (exact) mass is 297 g/mol. The SMILES string of the molecule is CN(C)S(=O)(=O)NCc1cncc(-c2cccs2)c1. The summed E-state index contributed by atoms with van der Waals surface area (Å²) in [5, 5.41) is 2.00. The molecule has 0 amide bonds. The van der Waals surface area contributed by atoms with Crippen molar-refractivity contribution in [1.29, 1.82) is 0 Å². The minimum absolute atomic E-state index is 0.229. The molecule has 0 atom stereocenters. The summed E-state index contributed by atoms with van der Waals surface area (Å²) in [6, 6.07) is 5.92. The van der Waals surface area contributed by atoms with E-state index in [4.69, 9.17) is 0 Å². The Labute approximate surface area is 117 Å². The predicted molar refractivity (Wildman–Crippen MR) is 77.0 cm³/mol. The van der Waals surface area contributed by atoms with Gasteiger partial charge in [-0.2, -0.15) is 17.4 Å². The Morgan fingerprint density at radius 1 is 1.37 bits per heavy atom. The predicted octanol–water partition coefficient (Wildman–Crippen LogP) is 1.71. The molecular formula is C12H15N3O2S2. The Morgan fingerprint density at radius 3 is 2.79 bits per heavy atom. The molecule has 102 valence electrons. The van der Waals surface area contributed by atoms with Gasteiger partial charge < -0.3 is 0 Å². The van der Waals surface area contributed by atoms with Crippen LogP contribution in [-0.2, 0) is 16.8 Å². The van der Waals surface area contributed by atoms with Crippen LogP contribution >= 0.6 is 11.3 Å². The van der Waals surface area contributed by atoms with E-state index in [0.717, 1.165) is 20.3 Å². The molecule has 5 nitrogen and oxygen atoms in total. The van der Waals surface area contributed by atoms with Gasteiger partial charge in [0.25, 0.3) is 10.2 Å². The third kappa shape index (κ3) is 3.60. The van der Waals surface area contributed by atoms with E-state index in [9.17, 15) is 8.42 Å². The molecule has 0 saturated heterocycles. The van der Waals surface area contributed by atoms with E-state index in [2.05, 4.69) is 9.71 Å². The number of pyridine rings is 1. The summed E-state index contributed by atoms with van der Waals surface area (Å²) in [6.45, 7) is 0.229. The standard InChI is InChI=1S/C12H15N3O2S2/c1-15(2)19(16,17)14-8-10-6-11(9-13-7-10)12-4-3-5-18-12/h3-7,9,14H,8H2,1-2H3. The average Bonchev–Trinajstić information content (AvgIpc) is 2.90. The van der Waals surface area contributed by atoms with Gasteiger partial charge in [-0.1, -0.05) is 6.07 Å². The minimum Gasteiger partial charge on any atom is -0.264 e. The summed E-state index contributed by atoms with van der Waals surface area (Å²) in [6.07, 6.45) is 3.44. The molecule has 0 aromatic carbocycles. The Morgan fingerprint density at radius 2 is 2.16 bits per heavy atom. The molecule has 0 bridgehead atoms. The first-order valence-corrected chi connectivity index (χ1v) is 7.96. The highest BCUT2D eigenvalue weighted by atomic mass is 32.2. The van der Waals surface area contributed by atoms with Gasteiger partial charge in [-0.15, -0.1) is 11.3 Å². The first kappa shape index (κ1) is 14.1. The number of nitrogens with zero attached hydrogens (tertiary/aromatic N) is 2. The van der Waals surface area contributed by atoms with E-state index in [-0.39, 0.29) is 6.54 Å². The highest BCUT2D eigenvalue weighted by Crippen LogP contribution is 2.24. The zero-order valence-corrected chi connectivity index (χ0v) is 12.3. The molecule has 0 unspecified atom stereocenters. The lowest BCUT2D eigenvalue weighted by atomic mass is 10.2. The van der Waals surface area contributed by atoms with Crippen molar-refractivity contribution in [2.24, 2.45) is 0 Å². The van der Waals surface area contributed by atoms with Gasteiger partial charge in [0, 0.05) is 43.5 Å². The molecule has 0 radical (unpaired) electrons. The van der Waals surface area contributed by atoms with Gasteiger partial charge in [0.2, 0.25) is 0 Å². The molecule has 0 aliphatic heterocycles. The molecule has 2 aromatic rings. The first-order chi connectivity index (χ1) is 8.99. The highest BCUT2D eigenvalue weighted by Gasteiger charge is 2.12. The molecule has 7 heteroatoms. The zero-order valence-electron chi connectivity index (χ0n) is 10.7. The van der Waals surface area contributed by atoms with Crippen molar-refractivity contribution in [3.8, 4) is 10.4 Å². The van der Waals surface area contributed by atoms with Crippen LogP contribution < -0.4 is 4.72 Å². The third-order valence-corrected chi connectivity index (χ3v) is 4.93. The van der Waals surface area contributed by atoms with E-state index in [1.54, 1.807) is 23.7 Å². The maximum atomic E-state index is 11.6. The number of nitrogens with one attached hydrogen (secondary N) is 1. The van der Waals surface area contributed by atoms with Crippen LogP contribution in [-0.4, -0.2) is 31.8 Å². The third-order valence-electron chi connectivity index (χ3n) is 2.54. The summed E-state index contributed by atoms with van der Waals surface area (Å²) >= 11 is 1.63. The van der Waals surface area contributed by atoms with Crippen LogP contribution in [0.5, 0.6) is 0 Å². The van der Waals surface area contributed by atoms with Gasteiger partial charge in [-0.25, -0.2) is 0 Å². The quantitative estimate of drug-likeness (QED) is 0.914. The summed E-state index contributed by atoms with van der Waals surface area (Å²) in [5.41, 5.74) is 1.83. The van der Waals surface area contributed by atoms with Crippen molar-refractivity contribution in [1.82, 2.24) is 14.0 Å². The molecule has 2 heterocycles. The Hall–Kier alpha value is -1.28. The van der Waals surface area contributed by atoms with E-state index in [1.807, 2.05) is 23.6 Å². The molecule has 0 fully saturated rings. The Balaban J connectivity index is 2.13. The fraction of sp³-hybridized carbons (Fsp3) is 0.250. The molecule has 2 aromatic heterocycles. The van der Waals surface area contributed by atoms with E-state index >= 15 is 0 Å². The van der Waals surface area contributed by atoms with Crippen LogP contribution in [0.4, 0.5) is 0 Å². The minimum atomic E-state index is -3.40. The molecule has 2 rings (SSSR count). The lowest BCUT2D eigenvalue weighted by molar-refractivity contribution is 0.505. The fourth-order valence-electron chi connectivity index (χ4n) is 1.47.